The summed E-state index contributed by atoms with van der Waals surface area (Å²) in [5.74, 6) is -0.392. The van der Waals surface area contributed by atoms with E-state index < -0.39 is 12.0 Å². The molecule has 0 aromatic heterocycles. The number of halogens is 1. The number of esters is 1. The Hall–Kier alpha value is -3.31. The van der Waals surface area contributed by atoms with Gasteiger partial charge in [0.1, 0.15) is 0 Å². The van der Waals surface area contributed by atoms with Crippen LogP contribution in [0.2, 0.25) is 5.02 Å². The Kier molecular flexibility index (Phi) is 7.46. The van der Waals surface area contributed by atoms with Crippen LogP contribution in [0.3, 0.4) is 0 Å². The van der Waals surface area contributed by atoms with E-state index in [-0.39, 0.29) is 16.5 Å². The maximum atomic E-state index is 12.4. The molecule has 0 unspecified atom stereocenters. The van der Waals surface area contributed by atoms with Crippen molar-refractivity contribution < 1.29 is 14.3 Å². The first-order valence-corrected chi connectivity index (χ1v) is 9.99. The van der Waals surface area contributed by atoms with Crippen LogP contribution in [0.5, 0.6) is 0 Å². The number of hydrogen-bond acceptors (Lipinski definition) is 3. The predicted octanol–water partition coefficient (Wildman–Crippen LogP) is 5.47. The third kappa shape index (κ3) is 5.39. The van der Waals surface area contributed by atoms with Gasteiger partial charge in [-0.05, 0) is 29.7 Å². The minimum Gasteiger partial charge on any atom is -0.465 e. The number of urea groups is 1. The molecule has 2 N–H and O–H groups in total. The molecule has 0 saturated carbocycles. The summed E-state index contributed by atoms with van der Waals surface area (Å²) >= 11 is 6.23. The van der Waals surface area contributed by atoms with Crippen molar-refractivity contribution in [3.05, 3.63) is 101 Å². The van der Waals surface area contributed by atoms with Crippen LogP contribution in [0, 0.1) is 0 Å². The predicted molar refractivity (Wildman–Crippen MR) is 119 cm³/mol. The summed E-state index contributed by atoms with van der Waals surface area (Å²) < 4.78 is 4.70. The Morgan fingerprint density at radius 3 is 2.07 bits per heavy atom. The van der Waals surface area contributed by atoms with E-state index in [4.69, 9.17) is 16.3 Å². The second-order valence-electron chi connectivity index (χ2n) is 6.70. The normalized spacial score (nSPS) is 10.5. The number of benzene rings is 3. The van der Waals surface area contributed by atoms with E-state index in [1.807, 2.05) is 36.4 Å². The summed E-state index contributed by atoms with van der Waals surface area (Å²) in [7, 11) is 1.28. The first-order valence-electron chi connectivity index (χ1n) is 9.61. The summed E-state index contributed by atoms with van der Waals surface area (Å²) in [6, 6.07) is 24.8. The van der Waals surface area contributed by atoms with E-state index in [1.165, 1.54) is 18.2 Å². The number of hydrogen-bond donors (Lipinski definition) is 2. The minimum atomic E-state index is -0.558. The molecule has 0 aliphatic carbocycles. The lowest BCUT2D eigenvalue weighted by atomic mass is 9.88. The maximum Gasteiger partial charge on any atom is 0.339 e. The molecule has 0 radical (unpaired) electrons. The van der Waals surface area contributed by atoms with Crippen molar-refractivity contribution in [3.63, 3.8) is 0 Å². The summed E-state index contributed by atoms with van der Waals surface area (Å²) in [4.78, 5) is 24.1. The van der Waals surface area contributed by atoms with Crippen LogP contribution in [-0.2, 0) is 4.74 Å². The molecule has 0 atom stereocenters. The van der Waals surface area contributed by atoms with Crippen LogP contribution >= 0.6 is 11.6 Å². The third-order valence-corrected chi connectivity index (χ3v) is 5.18. The van der Waals surface area contributed by atoms with Gasteiger partial charge in [0.15, 0.2) is 0 Å². The fraction of sp³-hybridized carbons (Fsp3) is 0.167. The molecule has 5 nitrogen and oxygen atoms in total. The van der Waals surface area contributed by atoms with E-state index in [9.17, 15) is 9.59 Å². The van der Waals surface area contributed by atoms with Crippen molar-refractivity contribution in [1.29, 1.82) is 0 Å². The molecule has 0 aliphatic heterocycles. The fourth-order valence-electron chi connectivity index (χ4n) is 3.29. The lowest BCUT2D eigenvalue weighted by Crippen LogP contribution is -2.30. The second kappa shape index (κ2) is 10.5. The minimum absolute atomic E-state index is 0.144. The van der Waals surface area contributed by atoms with Crippen molar-refractivity contribution in [1.82, 2.24) is 5.32 Å². The van der Waals surface area contributed by atoms with Crippen LogP contribution in [0.4, 0.5) is 10.5 Å². The van der Waals surface area contributed by atoms with Gasteiger partial charge in [-0.15, -0.1) is 0 Å². The van der Waals surface area contributed by atoms with Crippen molar-refractivity contribution in [3.8, 4) is 0 Å². The standard InChI is InChI=1S/C24H23ClN2O3/c1-30-23(28)20-13-8-14-21(22(20)25)27-24(29)26-16-15-19(17-9-4-2-5-10-17)18-11-6-3-7-12-18/h2-14,19H,15-16H2,1H3,(H2,26,27,29). The molecule has 2 amide bonds. The number of carbonyl (C=O) groups excluding carboxylic acids is 2. The monoisotopic (exact) mass is 422 g/mol. The molecule has 6 heteroatoms. The highest BCUT2D eigenvalue weighted by Crippen LogP contribution is 2.28. The molecule has 3 aromatic carbocycles. The lowest BCUT2D eigenvalue weighted by molar-refractivity contribution is 0.0601. The first-order chi connectivity index (χ1) is 14.6. The molecule has 0 aliphatic rings. The van der Waals surface area contributed by atoms with Crippen LogP contribution in [-0.4, -0.2) is 25.7 Å². The van der Waals surface area contributed by atoms with E-state index in [0.29, 0.717) is 12.2 Å². The Morgan fingerprint density at radius 2 is 1.50 bits per heavy atom. The maximum absolute atomic E-state index is 12.4. The van der Waals surface area contributed by atoms with Gasteiger partial charge in [0.2, 0.25) is 0 Å². The van der Waals surface area contributed by atoms with Gasteiger partial charge in [-0.1, -0.05) is 78.3 Å². The highest BCUT2D eigenvalue weighted by molar-refractivity contribution is 6.36. The zero-order chi connectivity index (χ0) is 21.3. The topological polar surface area (TPSA) is 67.4 Å². The molecule has 0 fully saturated rings. The van der Waals surface area contributed by atoms with Gasteiger partial charge in [0.25, 0.3) is 0 Å². The van der Waals surface area contributed by atoms with Crippen LogP contribution in [0.25, 0.3) is 0 Å². The quantitative estimate of drug-likeness (QED) is 0.496. The molecular formula is C24H23ClN2O3. The highest BCUT2D eigenvalue weighted by atomic mass is 35.5. The summed E-state index contributed by atoms with van der Waals surface area (Å²) in [5, 5.41) is 5.70. The van der Waals surface area contributed by atoms with Crippen LogP contribution < -0.4 is 10.6 Å². The number of anilines is 1. The Morgan fingerprint density at radius 1 is 0.900 bits per heavy atom. The van der Waals surface area contributed by atoms with Crippen LogP contribution in [0.1, 0.15) is 33.8 Å². The van der Waals surface area contributed by atoms with Crippen molar-refractivity contribution in [2.24, 2.45) is 0 Å². The van der Waals surface area contributed by atoms with Crippen LogP contribution in [0.15, 0.2) is 78.9 Å². The molecule has 0 saturated heterocycles. The van der Waals surface area contributed by atoms with Gasteiger partial charge in [-0.25, -0.2) is 9.59 Å². The largest absolute Gasteiger partial charge is 0.465 e. The molecule has 154 valence electrons. The Balaban J connectivity index is 1.63. The third-order valence-electron chi connectivity index (χ3n) is 4.77. The average molecular weight is 423 g/mol. The van der Waals surface area contributed by atoms with Gasteiger partial charge >= 0.3 is 12.0 Å². The van der Waals surface area contributed by atoms with E-state index in [2.05, 4.69) is 34.9 Å². The number of ether oxygens (including phenoxy) is 1. The fourth-order valence-corrected chi connectivity index (χ4v) is 3.54. The second-order valence-corrected chi connectivity index (χ2v) is 7.08. The molecule has 0 spiro atoms. The van der Waals surface area contributed by atoms with Gasteiger partial charge < -0.3 is 15.4 Å². The zero-order valence-electron chi connectivity index (χ0n) is 16.6. The van der Waals surface area contributed by atoms with E-state index in [1.54, 1.807) is 18.2 Å². The summed E-state index contributed by atoms with van der Waals surface area (Å²) in [6.45, 7) is 0.467. The molecule has 0 bridgehead atoms. The first kappa shape index (κ1) is 21.4. The Labute approximate surface area is 181 Å². The summed E-state index contributed by atoms with van der Waals surface area (Å²) in [6.07, 6.45) is 0.734. The molecule has 30 heavy (non-hydrogen) atoms. The van der Waals surface area contributed by atoms with Gasteiger partial charge in [0, 0.05) is 12.5 Å². The molecule has 0 heterocycles. The van der Waals surface area contributed by atoms with E-state index >= 15 is 0 Å². The Bertz CT molecular complexity index is 954. The number of carbonyl (C=O) groups is 2. The average Bonchev–Trinajstić information content (AvgIpc) is 2.79. The van der Waals surface area contributed by atoms with Crippen molar-refractivity contribution in [2.45, 2.75) is 12.3 Å². The summed E-state index contributed by atoms with van der Waals surface area (Å²) in [5.41, 5.74) is 2.93. The molecule has 3 aromatic rings. The van der Waals surface area contributed by atoms with Gasteiger partial charge in [-0.2, -0.15) is 0 Å². The number of amides is 2. The van der Waals surface area contributed by atoms with Crippen molar-refractivity contribution in [2.75, 3.05) is 19.0 Å². The number of rotatable bonds is 7. The molecular weight excluding hydrogens is 400 g/mol. The van der Waals surface area contributed by atoms with Gasteiger partial charge in [0.05, 0.1) is 23.4 Å². The zero-order valence-corrected chi connectivity index (χ0v) is 17.4. The van der Waals surface area contributed by atoms with Gasteiger partial charge in [-0.3, -0.25) is 0 Å². The van der Waals surface area contributed by atoms with E-state index in [0.717, 1.165) is 6.42 Å². The smallest absolute Gasteiger partial charge is 0.339 e. The number of nitrogens with one attached hydrogen (secondary N) is 2. The lowest BCUT2D eigenvalue weighted by Gasteiger charge is -2.19. The number of methoxy groups -OCH3 is 1. The SMILES string of the molecule is COC(=O)c1cccc(NC(=O)NCCC(c2ccccc2)c2ccccc2)c1Cl. The highest BCUT2D eigenvalue weighted by Gasteiger charge is 2.16. The van der Waals surface area contributed by atoms with Crippen molar-refractivity contribution >= 4 is 29.3 Å². The molecule has 3 rings (SSSR count).